The van der Waals surface area contributed by atoms with Gasteiger partial charge in [0, 0.05) is 19.0 Å². The second kappa shape index (κ2) is 9.24. The number of benzene rings is 1. The molecule has 1 unspecified atom stereocenters. The number of sulfonamides is 1. The number of carboxylic acids is 1. The first-order valence-electron chi connectivity index (χ1n) is 7.48. The lowest BCUT2D eigenvalue weighted by Crippen LogP contribution is -2.36. The van der Waals surface area contributed by atoms with Crippen LogP contribution in [0.4, 0.5) is 0 Å². The molecule has 9 heteroatoms. The number of amides is 1. The molecule has 0 aromatic heterocycles. The Morgan fingerprint density at radius 2 is 1.88 bits per heavy atom. The second-order valence-corrected chi connectivity index (χ2v) is 6.89. The lowest BCUT2D eigenvalue weighted by atomic mass is 10.2. The number of aliphatic carboxylic acids is 1. The quantitative estimate of drug-likeness (QED) is 0.567. The van der Waals surface area contributed by atoms with Gasteiger partial charge in [0.15, 0.2) is 0 Å². The van der Waals surface area contributed by atoms with Crippen molar-refractivity contribution in [1.29, 1.82) is 0 Å². The molecule has 1 aromatic carbocycles. The molecule has 134 valence electrons. The minimum atomic E-state index is -3.71. The van der Waals surface area contributed by atoms with Crippen molar-refractivity contribution in [2.45, 2.75) is 37.6 Å². The van der Waals surface area contributed by atoms with E-state index >= 15 is 0 Å². The predicted molar refractivity (Wildman–Crippen MR) is 87.3 cm³/mol. The monoisotopic (exact) mass is 358 g/mol. The summed E-state index contributed by atoms with van der Waals surface area (Å²) in [6, 6.07) is 5.43. The molecule has 0 saturated heterocycles. The maximum atomic E-state index is 12.1. The fourth-order valence-electron chi connectivity index (χ4n) is 1.92. The van der Waals surface area contributed by atoms with Crippen LogP contribution in [0.25, 0.3) is 0 Å². The summed E-state index contributed by atoms with van der Waals surface area (Å²) in [5.74, 6) is -0.861. The minimum Gasteiger partial charge on any atom is -0.494 e. The highest BCUT2D eigenvalue weighted by molar-refractivity contribution is 7.89. The first-order valence-corrected chi connectivity index (χ1v) is 8.96. The summed E-state index contributed by atoms with van der Waals surface area (Å²) in [6.07, 6.45) is -0.274. The van der Waals surface area contributed by atoms with E-state index in [0.717, 1.165) is 0 Å². The van der Waals surface area contributed by atoms with Gasteiger partial charge in [0.1, 0.15) is 5.75 Å². The fourth-order valence-corrected chi connectivity index (χ4v) is 2.96. The largest absolute Gasteiger partial charge is 0.494 e. The Bertz CT molecular complexity index is 657. The molecule has 1 amide bonds. The molecule has 1 rings (SSSR count). The summed E-state index contributed by atoms with van der Waals surface area (Å²) in [7, 11) is -3.71. The van der Waals surface area contributed by atoms with Crippen LogP contribution >= 0.6 is 0 Å². The van der Waals surface area contributed by atoms with Crippen LogP contribution in [-0.2, 0) is 19.6 Å². The average Bonchev–Trinajstić information content (AvgIpc) is 2.46. The van der Waals surface area contributed by atoms with Crippen LogP contribution in [0, 0.1) is 0 Å². The highest BCUT2D eigenvalue weighted by Gasteiger charge is 2.15. The van der Waals surface area contributed by atoms with Gasteiger partial charge in [-0.3, -0.25) is 9.59 Å². The maximum absolute atomic E-state index is 12.1. The third-order valence-corrected chi connectivity index (χ3v) is 4.45. The summed E-state index contributed by atoms with van der Waals surface area (Å²) in [6.45, 7) is 3.80. The van der Waals surface area contributed by atoms with E-state index in [1.165, 1.54) is 12.1 Å². The zero-order chi connectivity index (χ0) is 18.2. The molecule has 0 spiro atoms. The summed E-state index contributed by atoms with van der Waals surface area (Å²) >= 11 is 0. The van der Waals surface area contributed by atoms with E-state index in [-0.39, 0.29) is 24.3 Å². The van der Waals surface area contributed by atoms with Crippen LogP contribution in [0.1, 0.15) is 26.7 Å². The SMILES string of the molecule is CCOc1ccc(S(=O)(=O)NCCC(=O)NC(C)CC(=O)O)cc1. The Labute approximate surface area is 141 Å². The second-order valence-electron chi connectivity index (χ2n) is 5.12. The van der Waals surface area contributed by atoms with Crippen molar-refractivity contribution in [1.82, 2.24) is 10.0 Å². The summed E-state index contributed by atoms with van der Waals surface area (Å²) in [4.78, 5) is 22.2. The van der Waals surface area contributed by atoms with Crippen LogP contribution in [0.3, 0.4) is 0 Å². The molecule has 0 radical (unpaired) electrons. The number of hydrogen-bond acceptors (Lipinski definition) is 5. The molecule has 24 heavy (non-hydrogen) atoms. The molecular formula is C15H22N2O6S. The summed E-state index contributed by atoms with van der Waals surface area (Å²) in [5, 5.41) is 11.1. The number of ether oxygens (including phenoxy) is 1. The molecule has 0 aliphatic heterocycles. The molecule has 3 N–H and O–H groups in total. The molecule has 1 aromatic rings. The van der Waals surface area contributed by atoms with Crippen LogP contribution < -0.4 is 14.8 Å². The van der Waals surface area contributed by atoms with Crippen molar-refractivity contribution >= 4 is 21.9 Å². The van der Waals surface area contributed by atoms with Gasteiger partial charge in [-0.2, -0.15) is 0 Å². The topological polar surface area (TPSA) is 122 Å². The van der Waals surface area contributed by atoms with Gasteiger partial charge in [0.2, 0.25) is 15.9 Å². The smallest absolute Gasteiger partial charge is 0.305 e. The van der Waals surface area contributed by atoms with Crippen molar-refractivity contribution in [3.8, 4) is 5.75 Å². The van der Waals surface area contributed by atoms with Crippen molar-refractivity contribution < 1.29 is 27.9 Å². The predicted octanol–water partition coefficient (Wildman–Crippen LogP) is 0.733. The van der Waals surface area contributed by atoms with E-state index in [9.17, 15) is 18.0 Å². The maximum Gasteiger partial charge on any atom is 0.305 e. The molecule has 0 aliphatic carbocycles. The molecule has 0 fully saturated rings. The molecule has 0 heterocycles. The van der Waals surface area contributed by atoms with Gasteiger partial charge in [-0.15, -0.1) is 0 Å². The Balaban J connectivity index is 2.47. The van der Waals surface area contributed by atoms with Crippen molar-refractivity contribution in [2.75, 3.05) is 13.2 Å². The summed E-state index contributed by atoms with van der Waals surface area (Å²) in [5.41, 5.74) is 0. The highest BCUT2D eigenvalue weighted by atomic mass is 32.2. The standard InChI is InChI=1S/C15H22N2O6S/c1-3-23-12-4-6-13(7-5-12)24(21,22)16-9-8-14(18)17-11(2)10-15(19)20/h4-7,11,16H,3,8-10H2,1-2H3,(H,17,18)(H,19,20). The van der Waals surface area contributed by atoms with Gasteiger partial charge < -0.3 is 15.2 Å². The Kier molecular flexibility index (Phi) is 7.66. The third-order valence-electron chi connectivity index (χ3n) is 2.98. The van der Waals surface area contributed by atoms with Crippen LogP contribution in [0.15, 0.2) is 29.2 Å². The van der Waals surface area contributed by atoms with Crippen LogP contribution in [0.5, 0.6) is 5.75 Å². The fraction of sp³-hybridized carbons (Fsp3) is 0.467. The van der Waals surface area contributed by atoms with E-state index in [2.05, 4.69) is 10.0 Å². The van der Waals surface area contributed by atoms with Gasteiger partial charge >= 0.3 is 5.97 Å². The van der Waals surface area contributed by atoms with E-state index < -0.39 is 27.9 Å². The van der Waals surface area contributed by atoms with Crippen LogP contribution in [-0.4, -0.2) is 44.6 Å². The van der Waals surface area contributed by atoms with Gasteiger partial charge in [-0.25, -0.2) is 13.1 Å². The molecule has 8 nitrogen and oxygen atoms in total. The molecule has 0 saturated carbocycles. The van der Waals surface area contributed by atoms with Crippen molar-refractivity contribution in [3.05, 3.63) is 24.3 Å². The Morgan fingerprint density at radius 3 is 2.42 bits per heavy atom. The lowest BCUT2D eigenvalue weighted by molar-refractivity contribution is -0.137. The van der Waals surface area contributed by atoms with Crippen molar-refractivity contribution in [3.63, 3.8) is 0 Å². The molecule has 0 bridgehead atoms. The van der Waals surface area contributed by atoms with E-state index in [1.807, 2.05) is 6.92 Å². The number of carbonyl (C=O) groups is 2. The zero-order valence-corrected chi connectivity index (χ0v) is 14.4. The lowest BCUT2D eigenvalue weighted by Gasteiger charge is -2.12. The van der Waals surface area contributed by atoms with Crippen molar-refractivity contribution in [2.24, 2.45) is 0 Å². The average molecular weight is 358 g/mol. The van der Waals surface area contributed by atoms with E-state index in [0.29, 0.717) is 12.4 Å². The number of carboxylic acid groups (broad SMARTS) is 1. The molecule has 0 aliphatic rings. The zero-order valence-electron chi connectivity index (χ0n) is 13.6. The first kappa shape index (κ1) is 19.9. The summed E-state index contributed by atoms with van der Waals surface area (Å²) < 4.78 is 31.7. The van der Waals surface area contributed by atoms with E-state index in [4.69, 9.17) is 9.84 Å². The number of rotatable bonds is 10. The molecular weight excluding hydrogens is 336 g/mol. The Morgan fingerprint density at radius 1 is 1.25 bits per heavy atom. The van der Waals surface area contributed by atoms with Gasteiger partial charge in [0.05, 0.1) is 17.9 Å². The highest BCUT2D eigenvalue weighted by Crippen LogP contribution is 2.15. The normalized spacial score (nSPS) is 12.4. The molecule has 1 atom stereocenters. The number of nitrogens with one attached hydrogen (secondary N) is 2. The van der Waals surface area contributed by atoms with E-state index in [1.54, 1.807) is 19.1 Å². The number of carbonyl (C=O) groups excluding carboxylic acids is 1. The van der Waals surface area contributed by atoms with Crippen LogP contribution in [0.2, 0.25) is 0 Å². The first-order chi connectivity index (χ1) is 11.2. The Hall–Kier alpha value is -2.13. The third kappa shape index (κ3) is 6.97. The van der Waals surface area contributed by atoms with Gasteiger partial charge in [-0.05, 0) is 38.1 Å². The van der Waals surface area contributed by atoms with Gasteiger partial charge in [0.25, 0.3) is 0 Å². The minimum absolute atomic E-state index is 0.0746. The van der Waals surface area contributed by atoms with Gasteiger partial charge in [-0.1, -0.05) is 0 Å². The number of hydrogen-bond donors (Lipinski definition) is 3.